The van der Waals surface area contributed by atoms with E-state index in [9.17, 15) is 0 Å². The zero-order valence-electron chi connectivity index (χ0n) is 8.50. The SMILES string of the molecule is Cc1ccc(C(C)(C)CON)cc1. The summed E-state index contributed by atoms with van der Waals surface area (Å²) in [5, 5.41) is 0. The number of nitrogens with two attached hydrogens (primary N) is 1. The fourth-order valence-corrected chi connectivity index (χ4v) is 1.30. The molecule has 1 rings (SSSR count). The highest BCUT2D eigenvalue weighted by atomic mass is 16.6. The first-order valence-corrected chi connectivity index (χ1v) is 4.45. The Labute approximate surface area is 79.7 Å². The second-order valence-electron chi connectivity index (χ2n) is 4.06. The van der Waals surface area contributed by atoms with Crippen LogP contribution in [0.1, 0.15) is 25.0 Å². The predicted molar refractivity (Wildman–Crippen MR) is 54.3 cm³/mol. The van der Waals surface area contributed by atoms with Crippen LogP contribution in [0.5, 0.6) is 0 Å². The summed E-state index contributed by atoms with van der Waals surface area (Å²) >= 11 is 0. The van der Waals surface area contributed by atoms with Gasteiger partial charge in [-0.3, -0.25) is 0 Å². The zero-order chi connectivity index (χ0) is 9.90. The van der Waals surface area contributed by atoms with E-state index in [1.165, 1.54) is 11.1 Å². The zero-order valence-corrected chi connectivity index (χ0v) is 8.50. The van der Waals surface area contributed by atoms with E-state index in [4.69, 9.17) is 10.7 Å². The van der Waals surface area contributed by atoms with Crippen molar-refractivity contribution >= 4 is 0 Å². The van der Waals surface area contributed by atoms with Crippen LogP contribution < -0.4 is 5.90 Å². The molecule has 13 heavy (non-hydrogen) atoms. The van der Waals surface area contributed by atoms with E-state index >= 15 is 0 Å². The first kappa shape index (κ1) is 10.2. The number of hydrogen-bond acceptors (Lipinski definition) is 2. The van der Waals surface area contributed by atoms with Crippen LogP contribution in [0, 0.1) is 6.92 Å². The molecule has 0 saturated carbocycles. The van der Waals surface area contributed by atoms with Crippen molar-refractivity contribution in [2.75, 3.05) is 6.61 Å². The van der Waals surface area contributed by atoms with E-state index in [1.54, 1.807) is 0 Å². The first-order valence-electron chi connectivity index (χ1n) is 4.45. The van der Waals surface area contributed by atoms with Crippen LogP contribution in [0.25, 0.3) is 0 Å². The molecule has 2 nitrogen and oxygen atoms in total. The number of aryl methyl sites for hydroxylation is 1. The molecule has 1 aromatic rings. The lowest BCUT2D eigenvalue weighted by molar-refractivity contribution is 0.0964. The average Bonchev–Trinajstić information content (AvgIpc) is 2.05. The highest BCUT2D eigenvalue weighted by molar-refractivity contribution is 5.27. The van der Waals surface area contributed by atoms with Crippen LogP contribution in [0.4, 0.5) is 0 Å². The molecule has 0 bridgehead atoms. The fraction of sp³-hybridized carbons (Fsp3) is 0.455. The third-order valence-corrected chi connectivity index (χ3v) is 2.28. The maximum absolute atomic E-state index is 5.08. The molecular weight excluding hydrogens is 162 g/mol. The van der Waals surface area contributed by atoms with Gasteiger partial charge in [0.05, 0.1) is 6.61 Å². The number of benzene rings is 1. The Morgan fingerprint density at radius 1 is 1.23 bits per heavy atom. The molecule has 0 spiro atoms. The van der Waals surface area contributed by atoms with Crippen molar-refractivity contribution in [2.24, 2.45) is 5.90 Å². The van der Waals surface area contributed by atoms with Gasteiger partial charge in [-0.2, -0.15) is 0 Å². The van der Waals surface area contributed by atoms with Crippen LogP contribution in [0.2, 0.25) is 0 Å². The van der Waals surface area contributed by atoms with Crippen molar-refractivity contribution in [3.05, 3.63) is 35.4 Å². The third-order valence-electron chi connectivity index (χ3n) is 2.28. The van der Waals surface area contributed by atoms with Gasteiger partial charge in [-0.1, -0.05) is 43.7 Å². The summed E-state index contributed by atoms with van der Waals surface area (Å²) in [4.78, 5) is 4.69. The minimum absolute atomic E-state index is 0.0115. The molecule has 0 heterocycles. The van der Waals surface area contributed by atoms with E-state index in [0.717, 1.165) is 0 Å². The molecular formula is C11H17NO. The van der Waals surface area contributed by atoms with E-state index in [0.29, 0.717) is 6.61 Å². The molecule has 0 aromatic heterocycles. The molecule has 0 saturated heterocycles. The van der Waals surface area contributed by atoms with Gasteiger partial charge in [0.25, 0.3) is 0 Å². The van der Waals surface area contributed by atoms with Gasteiger partial charge >= 0.3 is 0 Å². The van der Waals surface area contributed by atoms with Crippen molar-refractivity contribution in [3.63, 3.8) is 0 Å². The second-order valence-corrected chi connectivity index (χ2v) is 4.06. The molecule has 1 aromatic carbocycles. The fourth-order valence-electron chi connectivity index (χ4n) is 1.30. The molecule has 0 radical (unpaired) electrons. The highest BCUT2D eigenvalue weighted by Crippen LogP contribution is 2.23. The Hall–Kier alpha value is -0.860. The maximum atomic E-state index is 5.08. The Balaban J connectivity index is 2.87. The van der Waals surface area contributed by atoms with Gasteiger partial charge in [-0.05, 0) is 12.5 Å². The predicted octanol–water partition coefficient (Wildman–Crippen LogP) is 2.16. The number of hydrogen-bond donors (Lipinski definition) is 1. The van der Waals surface area contributed by atoms with Gasteiger partial charge in [0.2, 0.25) is 0 Å². The Bertz CT molecular complexity index is 264. The summed E-state index contributed by atoms with van der Waals surface area (Å²) in [6, 6.07) is 8.45. The van der Waals surface area contributed by atoms with Crippen LogP contribution >= 0.6 is 0 Å². The van der Waals surface area contributed by atoms with Crippen LogP contribution in [-0.2, 0) is 10.3 Å². The van der Waals surface area contributed by atoms with Gasteiger partial charge in [-0.25, -0.2) is 5.90 Å². The molecule has 0 amide bonds. The largest absolute Gasteiger partial charge is 0.304 e. The Morgan fingerprint density at radius 2 is 1.77 bits per heavy atom. The lowest BCUT2D eigenvalue weighted by atomic mass is 9.85. The van der Waals surface area contributed by atoms with Crippen LogP contribution in [-0.4, -0.2) is 6.61 Å². The van der Waals surface area contributed by atoms with Gasteiger partial charge in [0.1, 0.15) is 0 Å². The lowest BCUT2D eigenvalue weighted by Crippen LogP contribution is -2.26. The molecule has 0 atom stereocenters. The summed E-state index contributed by atoms with van der Waals surface area (Å²) < 4.78 is 0. The molecule has 0 aliphatic rings. The van der Waals surface area contributed by atoms with E-state index in [-0.39, 0.29) is 5.41 Å². The molecule has 2 heteroatoms. The van der Waals surface area contributed by atoms with Gasteiger partial charge in [0, 0.05) is 5.41 Å². The van der Waals surface area contributed by atoms with Gasteiger partial charge in [-0.15, -0.1) is 0 Å². The van der Waals surface area contributed by atoms with Crippen molar-refractivity contribution in [2.45, 2.75) is 26.2 Å². The summed E-state index contributed by atoms with van der Waals surface area (Å²) in [6.07, 6.45) is 0. The Kier molecular flexibility index (Phi) is 3.07. The topological polar surface area (TPSA) is 35.2 Å². The van der Waals surface area contributed by atoms with Crippen molar-refractivity contribution < 1.29 is 4.84 Å². The van der Waals surface area contributed by atoms with E-state index in [1.807, 2.05) is 0 Å². The minimum Gasteiger partial charge on any atom is -0.304 e. The number of rotatable bonds is 3. The maximum Gasteiger partial charge on any atom is 0.0770 e. The summed E-state index contributed by atoms with van der Waals surface area (Å²) in [6.45, 7) is 6.85. The minimum atomic E-state index is -0.0115. The average molecular weight is 179 g/mol. The van der Waals surface area contributed by atoms with Crippen molar-refractivity contribution in [1.29, 1.82) is 0 Å². The molecule has 0 unspecified atom stereocenters. The Morgan fingerprint density at radius 3 is 2.23 bits per heavy atom. The van der Waals surface area contributed by atoms with Crippen LogP contribution in [0.3, 0.4) is 0 Å². The molecule has 0 aliphatic carbocycles. The normalized spacial score (nSPS) is 11.7. The molecule has 0 aliphatic heterocycles. The standard InChI is InChI=1S/C11H17NO/c1-9-4-6-10(7-5-9)11(2,3)8-13-12/h4-7H,8,12H2,1-3H3. The lowest BCUT2D eigenvalue weighted by Gasteiger charge is -2.23. The highest BCUT2D eigenvalue weighted by Gasteiger charge is 2.20. The van der Waals surface area contributed by atoms with Crippen molar-refractivity contribution in [3.8, 4) is 0 Å². The van der Waals surface area contributed by atoms with E-state index in [2.05, 4.69) is 45.0 Å². The summed E-state index contributed by atoms with van der Waals surface area (Å²) in [5.41, 5.74) is 2.51. The molecule has 2 N–H and O–H groups in total. The van der Waals surface area contributed by atoms with Gasteiger partial charge in [0.15, 0.2) is 0 Å². The van der Waals surface area contributed by atoms with Gasteiger partial charge < -0.3 is 4.84 Å². The summed E-state index contributed by atoms with van der Waals surface area (Å²) in [7, 11) is 0. The van der Waals surface area contributed by atoms with Crippen molar-refractivity contribution in [1.82, 2.24) is 0 Å². The molecule has 72 valence electrons. The first-order chi connectivity index (χ1) is 6.06. The molecule has 0 fully saturated rings. The smallest absolute Gasteiger partial charge is 0.0770 e. The van der Waals surface area contributed by atoms with Crippen LogP contribution in [0.15, 0.2) is 24.3 Å². The van der Waals surface area contributed by atoms with E-state index < -0.39 is 0 Å². The summed E-state index contributed by atoms with van der Waals surface area (Å²) in [5.74, 6) is 5.08. The second kappa shape index (κ2) is 3.90. The monoisotopic (exact) mass is 179 g/mol. The quantitative estimate of drug-likeness (QED) is 0.722. The third kappa shape index (κ3) is 2.54.